The predicted octanol–water partition coefficient (Wildman–Crippen LogP) is 2.52. The standard InChI is InChI=1S/C13H15BrN6O/c1-7-2-3-10(14)18-11(7)19-12(21)8-4-13(6-16-20-15)5-9(13)17-8/h2-3,8-9,17H,4-6H2,1H3,(H,18,19,21)/t8-,9+,13-/m0/s1. The van der Waals surface area contributed by atoms with Crippen molar-refractivity contribution in [3.05, 3.63) is 32.7 Å². The van der Waals surface area contributed by atoms with Crippen LogP contribution < -0.4 is 10.6 Å². The van der Waals surface area contributed by atoms with Crippen molar-refractivity contribution in [2.24, 2.45) is 10.5 Å². The first kappa shape index (κ1) is 14.3. The van der Waals surface area contributed by atoms with Crippen LogP contribution in [0.5, 0.6) is 0 Å². The molecule has 8 heteroatoms. The molecule has 2 N–H and O–H groups in total. The molecule has 7 nitrogen and oxygen atoms in total. The maximum absolute atomic E-state index is 12.3. The van der Waals surface area contributed by atoms with Gasteiger partial charge in [-0.2, -0.15) is 0 Å². The minimum atomic E-state index is -0.252. The molecule has 2 aliphatic rings. The molecule has 1 aliphatic carbocycles. The number of nitrogens with one attached hydrogen (secondary N) is 2. The van der Waals surface area contributed by atoms with Crippen molar-refractivity contribution in [3.8, 4) is 0 Å². The van der Waals surface area contributed by atoms with Crippen LogP contribution >= 0.6 is 15.9 Å². The van der Waals surface area contributed by atoms with Crippen LogP contribution in [0.1, 0.15) is 18.4 Å². The number of aryl methyl sites for hydroxylation is 1. The molecule has 110 valence electrons. The highest BCUT2D eigenvalue weighted by molar-refractivity contribution is 9.10. The van der Waals surface area contributed by atoms with E-state index in [1.165, 1.54) is 0 Å². The van der Waals surface area contributed by atoms with E-state index in [0.717, 1.165) is 12.0 Å². The fourth-order valence-corrected chi connectivity index (χ4v) is 3.24. The third kappa shape index (κ3) is 2.74. The van der Waals surface area contributed by atoms with Gasteiger partial charge in [-0.15, -0.1) is 0 Å². The van der Waals surface area contributed by atoms with E-state index in [1.54, 1.807) is 0 Å². The van der Waals surface area contributed by atoms with Crippen molar-refractivity contribution in [2.75, 3.05) is 11.9 Å². The van der Waals surface area contributed by atoms with Gasteiger partial charge in [0.25, 0.3) is 0 Å². The summed E-state index contributed by atoms with van der Waals surface area (Å²) in [5.74, 6) is 0.483. The molecule has 2 heterocycles. The van der Waals surface area contributed by atoms with Crippen molar-refractivity contribution in [1.29, 1.82) is 0 Å². The van der Waals surface area contributed by atoms with Gasteiger partial charge in [0.1, 0.15) is 10.4 Å². The Labute approximate surface area is 130 Å². The number of pyridine rings is 1. The Balaban J connectivity index is 1.65. The average molecular weight is 351 g/mol. The van der Waals surface area contributed by atoms with E-state index in [9.17, 15) is 4.79 Å². The Morgan fingerprint density at radius 1 is 1.67 bits per heavy atom. The number of aromatic nitrogens is 1. The normalized spacial score (nSPS) is 29.4. The number of hydrogen-bond acceptors (Lipinski definition) is 4. The van der Waals surface area contributed by atoms with Crippen LogP contribution in [0.3, 0.4) is 0 Å². The van der Waals surface area contributed by atoms with Gasteiger partial charge in [-0.3, -0.25) is 4.79 Å². The Kier molecular flexibility index (Phi) is 3.61. The lowest BCUT2D eigenvalue weighted by molar-refractivity contribution is -0.118. The molecule has 1 aromatic heterocycles. The van der Waals surface area contributed by atoms with E-state index >= 15 is 0 Å². The predicted molar refractivity (Wildman–Crippen MR) is 81.7 cm³/mol. The summed E-state index contributed by atoms with van der Waals surface area (Å²) >= 11 is 3.30. The third-order valence-corrected chi connectivity index (χ3v) is 4.71. The first-order valence-corrected chi connectivity index (χ1v) is 7.54. The first-order chi connectivity index (χ1) is 10.0. The Morgan fingerprint density at radius 2 is 2.48 bits per heavy atom. The number of piperidine rings is 1. The third-order valence-electron chi connectivity index (χ3n) is 4.27. The molecule has 1 aliphatic heterocycles. The van der Waals surface area contributed by atoms with E-state index in [0.29, 0.717) is 23.4 Å². The highest BCUT2D eigenvalue weighted by Crippen LogP contribution is 2.54. The minimum absolute atomic E-state index is 0.0199. The van der Waals surface area contributed by atoms with Crippen molar-refractivity contribution in [1.82, 2.24) is 10.3 Å². The molecule has 0 bridgehead atoms. The molecular formula is C13H15BrN6O. The van der Waals surface area contributed by atoms with Crippen molar-refractivity contribution in [2.45, 2.75) is 31.8 Å². The molecule has 21 heavy (non-hydrogen) atoms. The van der Waals surface area contributed by atoms with E-state index in [2.05, 4.69) is 41.6 Å². The largest absolute Gasteiger partial charge is 0.309 e. The van der Waals surface area contributed by atoms with E-state index in [4.69, 9.17) is 5.53 Å². The van der Waals surface area contributed by atoms with E-state index in [-0.39, 0.29) is 23.4 Å². The number of azide groups is 1. The van der Waals surface area contributed by atoms with Crippen LogP contribution in [-0.2, 0) is 4.79 Å². The smallest absolute Gasteiger partial charge is 0.242 e. The highest BCUT2D eigenvalue weighted by atomic mass is 79.9. The minimum Gasteiger partial charge on any atom is -0.309 e. The van der Waals surface area contributed by atoms with Crippen LogP contribution in [0.4, 0.5) is 5.82 Å². The second kappa shape index (κ2) is 5.29. The van der Waals surface area contributed by atoms with Gasteiger partial charge in [0, 0.05) is 17.5 Å². The number of fused-ring (bicyclic) bond motifs is 1. The van der Waals surface area contributed by atoms with Gasteiger partial charge >= 0.3 is 0 Å². The van der Waals surface area contributed by atoms with Gasteiger partial charge in [-0.05, 0) is 58.3 Å². The van der Waals surface area contributed by atoms with Gasteiger partial charge in [0.05, 0.1) is 6.04 Å². The molecular weight excluding hydrogens is 336 g/mol. The second-order valence-corrected chi connectivity index (χ2v) is 6.53. The summed E-state index contributed by atoms with van der Waals surface area (Å²) in [4.78, 5) is 19.4. The monoisotopic (exact) mass is 350 g/mol. The molecule has 1 aromatic rings. The van der Waals surface area contributed by atoms with Crippen molar-refractivity contribution >= 4 is 27.7 Å². The molecule has 0 aromatic carbocycles. The summed E-state index contributed by atoms with van der Waals surface area (Å²) < 4.78 is 0.686. The van der Waals surface area contributed by atoms with Gasteiger partial charge in [0.15, 0.2) is 0 Å². The highest BCUT2D eigenvalue weighted by Gasteiger charge is 2.60. The van der Waals surface area contributed by atoms with Crippen LogP contribution in [0, 0.1) is 12.3 Å². The Bertz CT molecular complexity index is 644. The Morgan fingerprint density at radius 3 is 3.24 bits per heavy atom. The number of rotatable bonds is 4. The zero-order valence-electron chi connectivity index (χ0n) is 11.5. The molecule has 1 saturated carbocycles. The number of halogens is 1. The molecule has 0 unspecified atom stereocenters. The number of carbonyl (C=O) groups excluding carboxylic acids is 1. The lowest BCUT2D eigenvalue weighted by Gasteiger charge is -2.15. The molecule has 0 radical (unpaired) electrons. The van der Waals surface area contributed by atoms with E-state index in [1.807, 2.05) is 19.1 Å². The van der Waals surface area contributed by atoms with Crippen LogP contribution in [0.2, 0.25) is 0 Å². The van der Waals surface area contributed by atoms with Crippen LogP contribution in [-0.4, -0.2) is 29.5 Å². The summed E-state index contributed by atoms with van der Waals surface area (Å²) in [6, 6.07) is 3.77. The van der Waals surface area contributed by atoms with E-state index < -0.39 is 0 Å². The summed E-state index contributed by atoms with van der Waals surface area (Å²) in [6.45, 7) is 2.36. The van der Waals surface area contributed by atoms with Crippen LogP contribution in [0.15, 0.2) is 21.9 Å². The van der Waals surface area contributed by atoms with Gasteiger partial charge in [-0.25, -0.2) is 4.98 Å². The number of amides is 1. The quantitative estimate of drug-likeness (QED) is 0.377. The fraction of sp³-hybridized carbons (Fsp3) is 0.538. The average Bonchev–Trinajstić information content (AvgIpc) is 3.01. The lowest BCUT2D eigenvalue weighted by Crippen LogP contribution is -2.38. The number of carbonyl (C=O) groups is 1. The van der Waals surface area contributed by atoms with Crippen LogP contribution in [0.25, 0.3) is 10.4 Å². The summed E-state index contributed by atoms with van der Waals surface area (Å²) in [5.41, 5.74) is 9.33. The molecule has 1 amide bonds. The summed E-state index contributed by atoms with van der Waals surface area (Å²) in [7, 11) is 0. The molecule has 1 saturated heterocycles. The van der Waals surface area contributed by atoms with Crippen molar-refractivity contribution in [3.63, 3.8) is 0 Å². The maximum atomic E-state index is 12.3. The number of hydrogen-bond donors (Lipinski definition) is 2. The summed E-state index contributed by atoms with van der Waals surface area (Å²) in [5, 5.41) is 9.82. The number of anilines is 1. The SMILES string of the molecule is Cc1ccc(Br)nc1NC(=O)[C@@H]1C[C@@]2(CN=[N+]=[N-])C[C@H]2N1. The second-order valence-electron chi connectivity index (χ2n) is 5.72. The van der Waals surface area contributed by atoms with Gasteiger partial charge in [-0.1, -0.05) is 11.2 Å². The van der Waals surface area contributed by atoms with Crippen molar-refractivity contribution < 1.29 is 4.79 Å². The van der Waals surface area contributed by atoms with Gasteiger partial charge in [0.2, 0.25) is 5.91 Å². The molecule has 3 rings (SSSR count). The topological polar surface area (TPSA) is 103 Å². The maximum Gasteiger partial charge on any atom is 0.242 e. The fourth-order valence-electron chi connectivity index (χ4n) is 2.93. The zero-order valence-corrected chi connectivity index (χ0v) is 13.1. The summed E-state index contributed by atoms with van der Waals surface area (Å²) in [6.07, 6.45) is 1.68. The number of nitrogens with zero attached hydrogens (tertiary/aromatic N) is 4. The molecule has 2 fully saturated rings. The lowest BCUT2D eigenvalue weighted by atomic mass is 9.99. The molecule has 3 atom stereocenters. The Hall–Kier alpha value is -1.63. The zero-order chi connectivity index (χ0) is 15.0. The van der Waals surface area contributed by atoms with Gasteiger partial charge < -0.3 is 10.6 Å². The first-order valence-electron chi connectivity index (χ1n) is 6.75. The molecule has 0 spiro atoms.